The van der Waals surface area contributed by atoms with Gasteiger partial charge in [0.25, 0.3) is 0 Å². The smallest absolute Gasteiger partial charge is 0.224 e. The SMILES string of the molecule is Cc1ccc2c(CC(=O)NCc3ncn[nH]3)coc2c1. The first-order chi connectivity index (χ1) is 9.72. The second-order valence-electron chi connectivity index (χ2n) is 4.65. The number of benzene rings is 1. The van der Waals surface area contributed by atoms with Crippen LogP contribution in [0.15, 0.2) is 35.2 Å². The van der Waals surface area contributed by atoms with Crippen molar-refractivity contribution in [3.05, 3.63) is 47.7 Å². The van der Waals surface area contributed by atoms with E-state index in [0.717, 1.165) is 22.1 Å². The minimum atomic E-state index is -0.0790. The van der Waals surface area contributed by atoms with Gasteiger partial charge in [-0.2, -0.15) is 5.10 Å². The number of fused-ring (bicyclic) bond motifs is 1. The largest absolute Gasteiger partial charge is 0.464 e. The highest BCUT2D eigenvalue weighted by Gasteiger charge is 2.10. The molecule has 1 aromatic carbocycles. The van der Waals surface area contributed by atoms with Crippen molar-refractivity contribution in [2.75, 3.05) is 0 Å². The highest BCUT2D eigenvalue weighted by Crippen LogP contribution is 2.22. The van der Waals surface area contributed by atoms with E-state index in [-0.39, 0.29) is 12.3 Å². The zero-order chi connectivity index (χ0) is 13.9. The average molecular weight is 270 g/mol. The molecule has 0 saturated heterocycles. The van der Waals surface area contributed by atoms with Crippen LogP contribution in [0.3, 0.4) is 0 Å². The van der Waals surface area contributed by atoms with Crippen molar-refractivity contribution in [3.8, 4) is 0 Å². The van der Waals surface area contributed by atoms with Crippen LogP contribution in [0.25, 0.3) is 11.0 Å². The molecule has 0 radical (unpaired) electrons. The fourth-order valence-corrected chi connectivity index (χ4v) is 2.06. The van der Waals surface area contributed by atoms with Gasteiger partial charge in [-0.1, -0.05) is 12.1 Å². The van der Waals surface area contributed by atoms with Crippen molar-refractivity contribution in [1.29, 1.82) is 0 Å². The Kier molecular flexibility index (Phi) is 3.20. The maximum absolute atomic E-state index is 11.9. The minimum Gasteiger partial charge on any atom is -0.464 e. The first-order valence-electron chi connectivity index (χ1n) is 6.30. The highest BCUT2D eigenvalue weighted by atomic mass is 16.3. The first kappa shape index (κ1) is 12.4. The van der Waals surface area contributed by atoms with E-state index in [9.17, 15) is 4.79 Å². The average Bonchev–Trinajstić information content (AvgIpc) is 3.06. The van der Waals surface area contributed by atoms with Crippen LogP contribution in [0.2, 0.25) is 0 Å². The molecule has 0 atom stereocenters. The van der Waals surface area contributed by atoms with E-state index in [1.54, 1.807) is 6.26 Å². The van der Waals surface area contributed by atoms with E-state index in [1.807, 2.05) is 25.1 Å². The second kappa shape index (κ2) is 5.16. The standard InChI is InChI=1S/C14H14N4O2/c1-9-2-3-11-10(7-20-12(11)4-9)5-14(19)15-6-13-16-8-17-18-13/h2-4,7-8H,5-6H2,1H3,(H,15,19)(H,16,17,18). The number of hydrogen-bond donors (Lipinski definition) is 2. The van der Waals surface area contributed by atoms with Gasteiger partial charge in [0.1, 0.15) is 17.7 Å². The molecule has 0 aliphatic heterocycles. The van der Waals surface area contributed by atoms with E-state index in [4.69, 9.17) is 4.42 Å². The van der Waals surface area contributed by atoms with Crippen LogP contribution in [-0.4, -0.2) is 21.1 Å². The first-order valence-corrected chi connectivity index (χ1v) is 6.30. The van der Waals surface area contributed by atoms with Gasteiger partial charge in [-0.05, 0) is 18.6 Å². The highest BCUT2D eigenvalue weighted by molar-refractivity contribution is 5.87. The number of nitrogens with one attached hydrogen (secondary N) is 2. The third kappa shape index (κ3) is 2.54. The molecule has 1 amide bonds. The lowest BCUT2D eigenvalue weighted by molar-refractivity contribution is -0.120. The van der Waals surface area contributed by atoms with E-state index in [2.05, 4.69) is 20.5 Å². The summed E-state index contributed by atoms with van der Waals surface area (Å²) in [6, 6.07) is 5.95. The van der Waals surface area contributed by atoms with E-state index in [1.165, 1.54) is 6.33 Å². The van der Waals surface area contributed by atoms with Crippen LogP contribution >= 0.6 is 0 Å². The third-order valence-corrected chi connectivity index (χ3v) is 3.08. The molecule has 3 aromatic rings. The van der Waals surface area contributed by atoms with Gasteiger partial charge in [0.2, 0.25) is 5.91 Å². The van der Waals surface area contributed by atoms with Crippen molar-refractivity contribution < 1.29 is 9.21 Å². The number of carbonyl (C=O) groups excluding carboxylic acids is 1. The molecule has 6 nitrogen and oxygen atoms in total. The molecule has 3 rings (SSSR count). The summed E-state index contributed by atoms with van der Waals surface area (Å²) in [6.45, 7) is 2.35. The van der Waals surface area contributed by atoms with Gasteiger partial charge in [0.15, 0.2) is 0 Å². The molecule has 0 saturated carbocycles. The summed E-state index contributed by atoms with van der Waals surface area (Å²) in [5.74, 6) is 0.552. The van der Waals surface area contributed by atoms with Gasteiger partial charge in [-0.3, -0.25) is 9.89 Å². The molecule has 20 heavy (non-hydrogen) atoms. The number of furan rings is 1. The monoisotopic (exact) mass is 270 g/mol. The van der Waals surface area contributed by atoms with E-state index >= 15 is 0 Å². The molecule has 0 fully saturated rings. The Labute approximate surface area is 115 Å². The van der Waals surface area contributed by atoms with Crippen molar-refractivity contribution in [2.24, 2.45) is 0 Å². The number of H-pyrrole nitrogens is 1. The fraction of sp³-hybridized carbons (Fsp3) is 0.214. The molecule has 0 bridgehead atoms. The summed E-state index contributed by atoms with van der Waals surface area (Å²) in [6.07, 6.45) is 3.33. The maximum Gasteiger partial charge on any atom is 0.224 e. The van der Waals surface area contributed by atoms with Crippen LogP contribution in [0, 0.1) is 6.92 Å². The number of rotatable bonds is 4. The zero-order valence-corrected chi connectivity index (χ0v) is 11.0. The lowest BCUT2D eigenvalue weighted by Crippen LogP contribution is -2.25. The fourth-order valence-electron chi connectivity index (χ4n) is 2.06. The van der Waals surface area contributed by atoms with E-state index < -0.39 is 0 Å². The summed E-state index contributed by atoms with van der Waals surface area (Å²) in [5.41, 5.74) is 2.83. The Morgan fingerprint density at radius 2 is 2.35 bits per heavy atom. The Bertz CT molecular complexity index is 731. The number of carbonyl (C=O) groups is 1. The molecule has 0 aliphatic carbocycles. The van der Waals surface area contributed by atoms with Crippen molar-refractivity contribution in [1.82, 2.24) is 20.5 Å². The summed E-state index contributed by atoms with van der Waals surface area (Å²) in [5, 5.41) is 10.2. The molecule has 2 aromatic heterocycles. The van der Waals surface area contributed by atoms with Crippen molar-refractivity contribution >= 4 is 16.9 Å². The minimum absolute atomic E-state index is 0.0790. The second-order valence-corrected chi connectivity index (χ2v) is 4.65. The van der Waals surface area contributed by atoms with Crippen LogP contribution in [0.5, 0.6) is 0 Å². The molecule has 2 N–H and O–H groups in total. The molecule has 102 valence electrons. The predicted molar refractivity (Wildman–Crippen MR) is 72.9 cm³/mol. The van der Waals surface area contributed by atoms with Crippen LogP contribution < -0.4 is 5.32 Å². The summed E-state index contributed by atoms with van der Waals surface area (Å²) in [4.78, 5) is 15.8. The Hall–Kier alpha value is -2.63. The molecular formula is C14H14N4O2. The number of amides is 1. The lowest BCUT2D eigenvalue weighted by atomic mass is 10.1. The zero-order valence-electron chi connectivity index (χ0n) is 11.0. The van der Waals surface area contributed by atoms with Crippen LogP contribution in [-0.2, 0) is 17.8 Å². The molecule has 0 unspecified atom stereocenters. The summed E-state index contributed by atoms with van der Waals surface area (Å²) in [7, 11) is 0. The Morgan fingerprint density at radius 1 is 1.45 bits per heavy atom. The van der Waals surface area contributed by atoms with Crippen molar-refractivity contribution in [2.45, 2.75) is 19.9 Å². The van der Waals surface area contributed by atoms with E-state index in [0.29, 0.717) is 12.4 Å². The number of hydrogen-bond acceptors (Lipinski definition) is 4. The van der Waals surface area contributed by atoms with Crippen LogP contribution in [0.4, 0.5) is 0 Å². The lowest BCUT2D eigenvalue weighted by Gasteiger charge is -2.02. The molecule has 0 spiro atoms. The number of nitrogens with zero attached hydrogens (tertiary/aromatic N) is 2. The van der Waals surface area contributed by atoms with Gasteiger partial charge in [0.05, 0.1) is 19.2 Å². The van der Waals surface area contributed by atoms with Crippen molar-refractivity contribution in [3.63, 3.8) is 0 Å². The molecule has 6 heteroatoms. The van der Waals surface area contributed by atoms with Gasteiger partial charge in [-0.25, -0.2) is 4.98 Å². The summed E-state index contributed by atoms with van der Waals surface area (Å²) < 4.78 is 5.47. The molecule has 0 aliphatic rings. The number of aromatic amines is 1. The molecule has 2 heterocycles. The van der Waals surface area contributed by atoms with Gasteiger partial charge in [0, 0.05) is 10.9 Å². The van der Waals surface area contributed by atoms with Gasteiger partial charge >= 0.3 is 0 Å². The summed E-state index contributed by atoms with van der Waals surface area (Å²) >= 11 is 0. The van der Waals surface area contributed by atoms with Gasteiger partial charge < -0.3 is 9.73 Å². The topological polar surface area (TPSA) is 83.8 Å². The maximum atomic E-state index is 11.9. The van der Waals surface area contributed by atoms with Crippen LogP contribution in [0.1, 0.15) is 17.0 Å². The normalized spacial score (nSPS) is 10.8. The molecular weight excluding hydrogens is 256 g/mol. The quantitative estimate of drug-likeness (QED) is 0.756. The number of aromatic nitrogens is 3. The van der Waals surface area contributed by atoms with Gasteiger partial charge in [-0.15, -0.1) is 0 Å². The Morgan fingerprint density at radius 3 is 3.15 bits per heavy atom. The Balaban J connectivity index is 1.68. The third-order valence-electron chi connectivity index (χ3n) is 3.08. The predicted octanol–water partition coefficient (Wildman–Crippen LogP) is 1.72. The number of aryl methyl sites for hydroxylation is 1.